The van der Waals surface area contributed by atoms with Crippen molar-refractivity contribution < 1.29 is 14.6 Å². The fourth-order valence-electron chi connectivity index (χ4n) is 3.39. The first-order valence-corrected chi connectivity index (χ1v) is 8.04. The molecule has 0 saturated carbocycles. The third-order valence-electron chi connectivity index (χ3n) is 4.62. The molecule has 0 aliphatic heterocycles. The van der Waals surface area contributed by atoms with Gasteiger partial charge in [-0.05, 0) is 43.0 Å². The number of pyridine rings is 1. The summed E-state index contributed by atoms with van der Waals surface area (Å²) < 4.78 is 7.89. The van der Waals surface area contributed by atoms with Gasteiger partial charge in [-0.25, -0.2) is 4.98 Å². The molecule has 2 aromatic heterocycles. The Hall–Kier alpha value is -2.66. The number of ether oxygens (including phenoxy) is 1. The van der Waals surface area contributed by atoms with E-state index in [1.807, 2.05) is 30.3 Å². The number of imidazole rings is 1. The number of carbonyl (C=O) groups excluding carboxylic acids is 1. The van der Waals surface area contributed by atoms with Crippen LogP contribution < -0.4 is 4.74 Å². The minimum absolute atomic E-state index is 0.433. The van der Waals surface area contributed by atoms with Crippen molar-refractivity contribution in [3.63, 3.8) is 0 Å². The van der Waals surface area contributed by atoms with E-state index in [-0.39, 0.29) is 0 Å². The SMILES string of the molecule is Cc1nc2c(O[C@@H]3c4ccccc4CC[C@H]3O)cccn2c1C=O. The summed E-state index contributed by atoms with van der Waals surface area (Å²) in [6.07, 6.45) is 3.09. The van der Waals surface area contributed by atoms with Crippen LogP contribution in [0, 0.1) is 6.92 Å². The van der Waals surface area contributed by atoms with Crippen LogP contribution >= 0.6 is 0 Å². The van der Waals surface area contributed by atoms with Crippen molar-refractivity contribution >= 4 is 11.9 Å². The fourth-order valence-corrected chi connectivity index (χ4v) is 3.39. The third kappa shape index (κ3) is 2.29. The van der Waals surface area contributed by atoms with E-state index in [0.717, 1.165) is 18.3 Å². The van der Waals surface area contributed by atoms with E-state index in [9.17, 15) is 9.90 Å². The van der Waals surface area contributed by atoms with Gasteiger partial charge in [-0.3, -0.25) is 9.20 Å². The molecule has 0 radical (unpaired) electrons. The molecule has 0 amide bonds. The maximum Gasteiger partial charge on any atom is 0.180 e. The Morgan fingerprint density at radius 2 is 2.12 bits per heavy atom. The molecule has 2 atom stereocenters. The highest BCUT2D eigenvalue weighted by Gasteiger charge is 2.30. The van der Waals surface area contributed by atoms with Crippen LogP contribution in [-0.4, -0.2) is 26.9 Å². The highest BCUT2D eigenvalue weighted by atomic mass is 16.5. The van der Waals surface area contributed by atoms with Crippen molar-refractivity contribution in [2.24, 2.45) is 0 Å². The lowest BCUT2D eigenvalue weighted by atomic mass is 9.87. The van der Waals surface area contributed by atoms with Crippen molar-refractivity contribution in [3.8, 4) is 5.75 Å². The number of aliphatic hydroxyl groups is 1. The molecule has 1 aliphatic rings. The molecular weight excluding hydrogens is 304 g/mol. The second kappa shape index (κ2) is 5.76. The summed E-state index contributed by atoms with van der Waals surface area (Å²) in [6.45, 7) is 1.80. The van der Waals surface area contributed by atoms with Crippen molar-refractivity contribution in [1.29, 1.82) is 0 Å². The zero-order valence-electron chi connectivity index (χ0n) is 13.3. The molecule has 2 heterocycles. The summed E-state index contributed by atoms with van der Waals surface area (Å²) in [7, 11) is 0. The second-order valence-electron chi connectivity index (χ2n) is 6.11. The number of aryl methyl sites for hydroxylation is 2. The lowest BCUT2D eigenvalue weighted by Crippen LogP contribution is -2.29. The number of aromatic nitrogens is 2. The predicted molar refractivity (Wildman–Crippen MR) is 89.5 cm³/mol. The quantitative estimate of drug-likeness (QED) is 0.753. The number of hydrogen-bond donors (Lipinski definition) is 1. The van der Waals surface area contributed by atoms with Crippen molar-refractivity contribution in [2.45, 2.75) is 32.0 Å². The molecule has 0 saturated heterocycles. The van der Waals surface area contributed by atoms with E-state index in [4.69, 9.17) is 4.74 Å². The standard InChI is InChI=1S/C19H18N2O3/c1-12-15(11-22)21-10-4-7-17(19(21)20-12)24-18-14-6-3-2-5-13(14)8-9-16(18)23/h2-7,10-11,16,18,23H,8-9H2,1H3/t16-,18-/m1/s1. The molecule has 0 fully saturated rings. The highest BCUT2D eigenvalue weighted by molar-refractivity contribution is 5.77. The Kier molecular flexibility index (Phi) is 3.58. The molecule has 122 valence electrons. The average Bonchev–Trinajstić information content (AvgIpc) is 2.93. The molecule has 1 aromatic carbocycles. The number of aldehydes is 1. The maximum atomic E-state index is 11.3. The second-order valence-corrected chi connectivity index (χ2v) is 6.11. The molecule has 0 spiro atoms. The predicted octanol–water partition coefficient (Wildman–Crippen LogP) is 2.88. The van der Waals surface area contributed by atoms with E-state index in [1.54, 1.807) is 17.5 Å². The average molecular weight is 322 g/mol. The van der Waals surface area contributed by atoms with Gasteiger partial charge in [-0.2, -0.15) is 0 Å². The molecule has 0 unspecified atom stereocenters. The van der Waals surface area contributed by atoms with Crippen molar-refractivity contribution in [3.05, 3.63) is 65.1 Å². The Balaban J connectivity index is 1.79. The number of fused-ring (bicyclic) bond motifs is 2. The zero-order valence-corrected chi connectivity index (χ0v) is 13.3. The summed E-state index contributed by atoms with van der Waals surface area (Å²) in [5.74, 6) is 0.564. The molecule has 1 aliphatic carbocycles. The van der Waals surface area contributed by atoms with Crippen molar-refractivity contribution in [1.82, 2.24) is 9.38 Å². The number of aliphatic hydroxyl groups excluding tert-OH is 1. The van der Waals surface area contributed by atoms with E-state index in [0.29, 0.717) is 29.2 Å². The first kappa shape index (κ1) is 14.9. The van der Waals surface area contributed by atoms with Gasteiger partial charge in [0.15, 0.2) is 17.7 Å². The largest absolute Gasteiger partial charge is 0.479 e. The van der Waals surface area contributed by atoms with Crippen LogP contribution in [0.1, 0.15) is 39.8 Å². The smallest absolute Gasteiger partial charge is 0.180 e. The van der Waals surface area contributed by atoms with E-state index in [2.05, 4.69) is 11.1 Å². The van der Waals surface area contributed by atoms with Gasteiger partial charge in [0.2, 0.25) is 0 Å². The maximum absolute atomic E-state index is 11.3. The lowest BCUT2D eigenvalue weighted by molar-refractivity contribution is 0.0233. The summed E-state index contributed by atoms with van der Waals surface area (Å²) >= 11 is 0. The first-order valence-electron chi connectivity index (χ1n) is 8.04. The molecule has 5 heteroatoms. The molecule has 24 heavy (non-hydrogen) atoms. The number of benzene rings is 1. The zero-order chi connectivity index (χ0) is 16.7. The summed E-state index contributed by atoms with van der Waals surface area (Å²) in [5, 5.41) is 10.4. The fraction of sp³-hybridized carbons (Fsp3) is 0.263. The van der Waals surface area contributed by atoms with Gasteiger partial charge in [0.1, 0.15) is 11.8 Å². The van der Waals surface area contributed by atoms with Gasteiger partial charge in [0, 0.05) is 6.20 Å². The third-order valence-corrected chi connectivity index (χ3v) is 4.62. The van der Waals surface area contributed by atoms with E-state index < -0.39 is 12.2 Å². The Bertz CT molecular complexity index is 916. The van der Waals surface area contributed by atoms with Gasteiger partial charge in [-0.15, -0.1) is 0 Å². The summed E-state index contributed by atoms with van der Waals surface area (Å²) in [6, 6.07) is 11.7. The van der Waals surface area contributed by atoms with Crippen LogP contribution in [-0.2, 0) is 6.42 Å². The number of nitrogens with zero attached hydrogens (tertiary/aromatic N) is 2. The lowest BCUT2D eigenvalue weighted by Gasteiger charge is -2.30. The first-order chi connectivity index (χ1) is 11.7. The van der Waals surface area contributed by atoms with Crippen LogP contribution in [0.25, 0.3) is 5.65 Å². The van der Waals surface area contributed by atoms with Crippen LogP contribution in [0.4, 0.5) is 0 Å². The van der Waals surface area contributed by atoms with Gasteiger partial charge < -0.3 is 9.84 Å². The van der Waals surface area contributed by atoms with E-state index in [1.165, 1.54) is 5.56 Å². The molecule has 5 nitrogen and oxygen atoms in total. The molecule has 4 rings (SSSR count). The monoisotopic (exact) mass is 322 g/mol. The minimum atomic E-state index is -0.568. The van der Waals surface area contributed by atoms with Gasteiger partial charge in [-0.1, -0.05) is 24.3 Å². The summed E-state index contributed by atoms with van der Waals surface area (Å²) in [4.78, 5) is 15.7. The van der Waals surface area contributed by atoms with Crippen LogP contribution in [0.3, 0.4) is 0 Å². The normalized spacial score (nSPS) is 19.9. The molecular formula is C19H18N2O3. The van der Waals surface area contributed by atoms with Crippen LogP contribution in [0.15, 0.2) is 42.6 Å². The van der Waals surface area contributed by atoms with E-state index >= 15 is 0 Å². The number of hydrogen-bond acceptors (Lipinski definition) is 4. The van der Waals surface area contributed by atoms with Crippen LogP contribution in [0.2, 0.25) is 0 Å². The topological polar surface area (TPSA) is 63.8 Å². The summed E-state index contributed by atoms with van der Waals surface area (Å²) in [5.41, 5.74) is 3.98. The molecule has 1 N–H and O–H groups in total. The van der Waals surface area contributed by atoms with Gasteiger partial charge in [0.05, 0.1) is 11.8 Å². The van der Waals surface area contributed by atoms with Gasteiger partial charge >= 0.3 is 0 Å². The minimum Gasteiger partial charge on any atom is -0.479 e. The molecule has 0 bridgehead atoms. The Morgan fingerprint density at radius 3 is 2.96 bits per heavy atom. The van der Waals surface area contributed by atoms with Gasteiger partial charge in [0.25, 0.3) is 0 Å². The molecule has 3 aromatic rings. The number of carbonyl (C=O) groups is 1. The highest BCUT2D eigenvalue weighted by Crippen LogP contribution is 2.35. The Labute approximate surface area is 139 Å². The number of rotatable bonds is 3. The van der Waals surface area contributed by atoms with Crippen LogP contribution in [0.5, 0.6) is 5.75 Å². The van der Waals surface area contributed by atoms with Crippen molar-refractivity contribution in [2.75, 3.05) is 0 Å². The Morgan fingerprint density at radius 1 is 1.29 bits per heavy atom.